The maximum absolute atomic E-state index is 2.38. The van der Waals surface area contributed by atoms with E-state index in [4.69, 9.17) is 0 Å². The molecule has 0 radical (unpaired) electrons. The van der Waals surface area contributed by atoms with Crippen molar-refractivity contribution in [2.24, 2.45) is 0 Å². The fourth-order valence-electron chi connectivity index (χ4n) is 5.52. The zero-order valence-electron chi connectivity index (χ0n) is 20.3. The highest BCUT2D eigenvalue weighted by Crippen LogP contribution is 2.36. The molecule has 4 aromatic rings. The Hall–Kier alpha value is -2.08. The lowest BCUT2D eigenvalue weighted by Crippen LogP contribution is -1.91. The lowest BCUT2D eigenvalue weighted by molar-refractivity contribution is 0.535. The molecule has 0 aliphatic rings. The Balaban J connectivity index is 1.17. The molecule has 0 fully saturated rings. The van der Waals surface area contributed by atoms with Crippen molar-refractivity contribution in [2.45, 2.75) is 103 Å². The minimum Gasteiger partial charge on any atom is -0.0654 e. The number of aryl methyl sites for hydroxylation is 1. The summed E-state index contributed by atoms with van der Waals surface area (Å²) in [5.41, 5.74) is 1.54. The summed E-state index contributed by atoms with van der Waals surface area (Å²) in [4.78, 5) is 0. The van der Waals surface area contributed by atoms with Gasteiger partial charge in [0.1, 0.15) is 0 Å². The van der Waals surface area contributed by atoms with E-state index in [9.17, 15) is 0 Å². The Kier molecular flexibility index (Phi) is 8.83. The monoisotopic (exact) mass is 426 g/mol. The second-order valence-electron chi connectivity index (χ2n) is 9.93. The molecule has 0 saturated heterocycles. The van der Waals surface area contributed by atoms with Crippen LogP contribution in [0.4, 0.5) is 0 Å². The lowest BCUT2D eigenvalue weighted by atomic mass is 9.90. The first-order valence-corrected chi connectivity index (χ1v) is 13.5. The molecule has 0 heteroatoms. The zero-order chi connectivity index (χ0) is 22.0. The Morgan fingerprint density at radius 1 is 0.438 bits per heavy atom. The molecule has 0 aromatic heterocycles. The molecular weight excluding hydrogens is 384 g/mol. The highest BCUT2D eigenvalue weighted by molar-refractivity contribution is 6.23. The fourth-order valence-corrected chi connectivity index (χ4v) is 5.52. The molecule has 0 atom stereocenters. The summed E-state index contributed by atoms with van der Waals surface area (Å²) < 4.78 is 0. The van der Waals surface area contributed by atoms with Gasteiger partial charge in [0.25, 0.3) is 0 Å². The van der Waals surface area contributed by atoms with Gasteiger partial charge in [0.05, 0.1) is 0 Å². The van der Waals surface area contributed by atoms with Crippen LogP contribution in [0.2, 0.25) is 0 Å². The van der Waals surface area contributed by atoms with E-state index in [-0.39, 0.29) is 0 Å². The van der Waals surface area contributed by atoms with E-state index in [0.29, 0.717) is 0 Å². The average molecular weight is 427 g/mol. The minimum absolute atomic E-state index is 1.21. The molecule has 0 aliphatic carbocycles. The molecule has 0 N–H and O–H groups in total. The number of benzene rings is 4. The summed E-state index contributed by atoms with van der Waals surface area (Å²) in [6.45, 7) is 2.30. The number of unbranched alkanes of at least 4 members (excludes halogenated alkanes) is 13. The van der Waals surface area contributed by atoms with E-state index in [2.05, 4.69) is 61.5 Å². The molecule has 0 bridgehead atoms. The van der Waals surface area contributed by atoms with Crippen LogP contribution in [0.1, 0.15) is 102 Å². The molecule has 0 unspecified atom stereocenters. The quantitative estimate of drug-likeness (QED) is 0.131. The van der Waals surface area contributed by atoms with Gasteiger partial charge in [-0.3, -0.25) is 0 Å². The molecule has 0 nitrogen and oxygen atoms in total. The molecule has 0 saturated carbocycles. The normalized spacial score (nSPS) is 11.9. The smallest absolute Gasteiger partial charge is 0.00240 e. The maximum atomic E-state index is 2.38. The van der Waals surface area contributed by atoms with Gasteiger partial charge in [0.2, 0.25) is 0 Å². The summed E-state index contributed by atoms with van der Waals surface area (Å²) in [5, 5.41) is 8.52. The van der Waals surface area contributed by atoms with Gasteiger partial charge < -0.3 is 0 Å². The van der Waals surface area contributed by atoms with Crippen molar-refractivity contribution >= 4 is 32.3 Å². The predicted octanol–water partition coefficient (Wildman–Crippen LogP) is 10.6. The van der Waals surface area contributed by atoms with Crippen molar-refractivity contribution in [3.8, 4) is 0 Å². The van der Waals surface area contributed by atoms with Crippen LogP contribution in [0.3, 0.4) is 0 Å². The molecule has 4 rings (SSSR count). The van der Waals surface area contributed by atoms with Crippen molar-refractivity contribution < 1.29 is 0 Å². The SMILES string of the molecule is CCCCCCCCCCCCCCCCc1ccc2ccc3cccc4ccc1c2c34. The molecule has 0 aliphatic heterocycles. The van der Waals surface area contributed by atoms with Crippen molar-refractivity contribution in [2.75, 3.05) is 0 Å². The average Bonchev–Trinajstić information content (AvgIpc) is 2.83. The van der Waals surface area contributed by atoms with Crippen LogP contribution in [0, 0.1) is 0 Å². The van der Waals surface area contributed by atoms with Gasteiger partial charge in [0.15, 0.2) is 0 Å². The van der Waals surface area contributed by atoms with Crippen LogP contribution in [0.5, 0.6) is 0 Å². The standard InChI is InChI=1S/C32H42/c1-2-3-4-5-6-7-8-9-10-11-12-13-14-15-17-26-20-21-29-23-22-27-18-16-19-28-24-25-30(26)32(29)31(27)28/h16,18-25H,2-15,17H2,1H3. The van der Waals surface area contributed by atoms with Gasteiger partial charge in [-0.2, -0.15) is 0 Å². The summed E-state index contributed by atoms with van der Waals surface area (Å²) in [7, 11) is 0. The van der Waals surface area contributed by atoms with Gasteiger partial charge >= 0.3 is 0 Å². The predicted molar refractivity (Wildman–Crippen MR) is 144 cm³/mol. The Morgan fingerprint density at radius 2 is 0.906 bits per heavy atom. The first kappa shape index (κ1) is 23.1. The van der Waals surface area contributed by atoms with Crippen LogP contribution < -0.4 is 0 Å². The van der Waals surface area contributed by atoms with Gasteiger partial charge in [0, 0.05) is 0 Å². The lowest BCUT2D eigenvalue weighted by Gasteiger charge is -2.14. The largest absolute Gasteiger partial charge is 0.0654 e. The summed E-state index contributed by atoms with van der Waals surface area (Å²) in [6, 6.07) is 20.7. The van der Waals surface area contributed by atoms with Crippen LogP contribution in [-0.4, -0.2) is 0 Å². The van der Waals surface area contributed by atoms with E-state index in [1.807, 2.05) is 0 Å². The number of hydrogen-bond acceptors (Lipinski definition) is 0. The molecule has 0 spiro atoms. The number of rotatable bonds is 15. The van der Waals surface area contributed by atoms with E-state index in [1.165, 1.54) is 134 Å². The Labute approximate surface area is 195 Å². The van der Waals surface area contributed by atoms with Gasteiger partial charge in [-0.25, -0.2) is 0 Å². The third kappa shape index (κ3) is 5.83. The number of hydrogen-bond donors (Lipinski definition) is 0. The maximum Gasteiger partial charge on any atom is -0.00240 e. The third-order valence-electron chi connectivity index (χ3n) is 7.42. The second-order valence-corrected chi connectivity index (χ2v) is 9.93. The molecular formula is C32H42. The van der Waals surface area contributed by atoms with Crippen LogP contribution in [-0.2, 0) is 6.42 Å². The minimum atomic E-state index is 1.21. The molecule has 0 heterocycles. The second kappa shape index (κ2) is 12.2. The molecule has 170 valence electrons. The highest BCUT2D eigenvalue weighted by atomic mass is 14.1. The highest BCUT2D eigenvalue weighted by Gasteiger charge is 2.10. The van der Waals surface area contributed by atoms with Crippen LogP contribution >= 0.6 is 0 Å². The molecule has 4 aromatic carbocycles. The zero-order valence-corrected chi connectivity index (χ0v) is 20.3. The van der Waals surface area contributed by atoms with E-state index in [0.717, 1.165) is 0 Å². The van der Waals surface area contributed by atoms with Crippen LogP contribution in [0.25, 0.3) is 32.3 Å². The van der Waals surface area contributed by atoms with Gasteiger partial charge in [-0.15, -0.1) is 0 Å². The van der Waals surface area contributed by atoms with E-state index < -0.39 is 0 Å². The van der Waals surface area contributed by atoms with Gasteiger partial charge in [-0.05, 0) is 50.7 Å². The van der Waals surface area contributed by atoms with Crippen LogP contribution in [0.15, 0.2) is 54.6 Å². The van der Waals surface area contributed by atoms with E-state index >= 15 is 0 Å². The Morgan fingerprint density at radius 3 is 1.50 bits per heavy atom. The van der Waals surface area contributed by atoms with Crippen molar-refractivity contribution in [3.63, 3.8) is 0 Å². The van der Waals surface area contributed by atoms with Crippen molar-refractivity contribution in [1.29, 1.82) is 0 Å². The molecule has 0 amide bonds. The topological polar surface area (TPSA) is 0 Å². The Bertz CT molecular complexity index is 1060. The summed E-state index contributed by atoms with van der Waals surface area (Å²) >= 11 is 0. The first-order valence-electron chi connectivity index (χ1n) is 13.5. The summed E-state index contributed by atoms with van der Waals surface area (Å²) in [5.74, 6) is 0. The van der Waals surface area contributed by atoms with Gasteiger partial charge in [-0.1, -0.05) is 145 Å². The fraction of sp³-hybridized carbons (Fsp3) is 0.500. The third-order valence-corrected chi connectivity index (χ3v) is 7.42. The van der Waals surface area contributed by atoms with E-state index in [1.54, 1.807) is 0 Å². The first-order chi connectivity index (χ1) is 15.9. The van der Waals surface area contributed by atoms with Crippen molar-refractivity contribution in [1.82, 2.24) is 0 Å². The van der Waals surface area contributed by atoms with Crippen molar-refractivity contribution in [3.05, 3.63) is 60.2 Å². The molecule has 32 heavy (non-hydrogen) atoms. The summed E-state index contributed by atoms with van der Waals surface area (Å²) in [6.07, 6.45) is 21.2.